The molecule has 4 rings (SSSR count). The topological polar surface area (TPSA) is 113 Å². The molecule has 6 heteroatoms. The van der Waals surface area contributed by atoms with E-state index in [-0.39, 0.29) is 24.1 Å². The number of nitrogens with two attached hydrogens (primary N) is 1. The molecule has 0 aliphatic carbocycles. The highest BCUT2D eigenvalue weighted by molar-refractivity contribution is 5.68. The van der Waals surface area contributed by atoms with Gasteiger partial charge in [0.05, 0.1) is 13.0 Å². The molecule has 0 spiro atoms. The molecule has 0 radical (unpaired) electrons. The molecule has 3 aromatic carbocycles. The standard InChI is InChI=1S/C15H17NO.C10H10O4/c1-12(16)15(17,13-8-4-2-5-9-13)14-10-6-3-7-11-14;11-7-1-2-8-6(3-10(12)13)5-14-9(8)4-7/h2-12,17H,16H2,1H3;1-2,4,6,11H,3,5H2,(H,12,13)/t12-;6-/m01/s1. The second kappa shape index (κ2) is 9.64. The van der Waals surface area contributed by atoms with Crippen molar-refractivity contribution in [3.63, 3.8) is 0 Å². The van der Waals surface area contributed by atoms with Crippen LogP contribution in [0.25, 0.3) is 0 Å². The number of phenols is 1. The number of fused-ring (bicyclic) bond motifs is 1. The van der Waals surface area contributed by atoms with E-state index < -0.39 is 11.6 Å². The Labute approximate surface area is 181 Å². The molecule has 1 aliphatic rings. The number of rotatable bonds is 5. The Morgan fingerprint density at radius 1 is 1.06 bits per heavy atom. The molecule has 0 saturated carbocycles. The molecule has 3 aromatic rings. The Kier molecular flexibility index (Phi) is 6.95. The van der Waals surface area contributed by atoms with E-state index >= 15 is 0 Å². The van der Waals surface area contributed by atoms with Gasteiger partial charge >= 0.3 is 5.97 Å². The molecule has 0 bridgehead atoms. The molecular formula is C25H27NO5. The van der Waals surface area contributed by atoms with Crippen LogP contribution in [0.2, 0.25) is 0 Å². The first-order chi connectivity index (χ1) is 14.8. The number of hydrogen-bond acceptors (Lipinski definition) is 5. The monoisotopic (exact) mass is 421 g/mol. The van der Waals surface area contributed by atoms with Crippen molar-refractivity contribution in [2.45, 2.75) is 30.9 Å². The summed E-state index contributed by atoms with van der Waals surface area (Å²) in [6.07, 6.45) is 0.0672. The second-order valence-corrected chi connectivity index (χ2v) is 7.62. The van der Waals surface area contributed by atoms with E-state index in [1.807, 2.05) is 67.6 Å². The highest BCUT2D eigenvalue weighted by Gasteiger charge is 2.35. The highest BCUT2D eigenvalue weighted by atomic mass is 16.5. The third-order valence-electron chi connectivity index (χ3n) is 5.38. The smallest absolute Gasteiger partial charge is 0.304 e. The summed E-state index contributed by atoms with van der Waals surface area (Å²) >= 11 is 0. The lowest BCUT2D eigenvalue weighted by Crippen LogP contribution is -2.44. The quantitative estimate of drug-likeness (QED) is 0.501. The molecule has 1 heterocycles. The average Bonchev–Trinajstić information content (AvgIpc) is 3.15. The number of hydrogen-bond donors (Lipinski definition) is 4. The summed E-state index contributed by atoms with van der Waals surface area (Å²) in [5, 5.41) is 28.7. The highest BCUT2D eigenvalue weighted by Crippen LogP contribution is 2.37. The summed E-state index contributed by atoms with van der Waals surface area (Å²) in [5.74, 6) is -0.196. The summed E-state index contributed by atoms with van der Waals surface area (Å²) in [6.45, 7) is 2.20. The fourth-order valence-corrected chi connectivity index (χ4v) is 3.72. The lowest BCUT2D eigenvalue weighted by atomic mass is 9.81. The molecule has 0 fully saturated rings. The first kappa shape index (κ1) is 22.3. The third kappa shape index (κ3) is 5.05. The summed E-state index contributed by atoms with van der Waals surface area (Å²) in [5.41, 5.74) is 7.36. The van der Waals surface area contributed by atoms with Crippen molar-refractivity contribution in [1.82, 2.24) is 0 Å². The fraction of sp³-hybridized carbons (Fsp3) is 0.240. The van der Waals surface area contributed by atoms with Gasteiger partial charge in [-0.2, -0.15) is 0 Å². The maximum absolute atomic E-state index is 10.9. The van der Waals surface area contributed by atoms with Crippen LogP contribution in [0.4, 0.5) is 0 Å². The third-order valence-corrected chi connectivity index (χ3v) is 5.38. The van der Waals surface area contributed by atoms with Gasteiger partial charge in [0.15, 0.2) is 0 Å². The Balaban J connectivity index is 0.000000179. The van der Waals surface area contributed by atoms with Crippen LogP contribution >= 0.6 is 0 Å². The van der Waals surface area contributed by atoms with Gasteiger partial charge in [-0.15, -0.1) is 0 Å². The minimum absolute atomic E-state index is 0.0672. The SMILES string of the molecule is C[C@H](N)C(O)(c1ccccc1)c1ccccc1.O=C(O)C[C@@H]1COc2cc(O)ccc21. The van der Waals surface area contributed by atoms with Crippen molar-refractivity contribution >= 4 is 5.97 Å². The van der Waals surface area contributed by atoms with Crippen LogP contribution in [0.1, 0.15) is 36.0 Å². The van der Waals surface area contributed by atoms with Crippen LogP contribution < -0.4 is 10.5 Å². The normalized spacial score (nSPS) is 15.8. The largest absolute Gasteiger partial charge is 0.508 e. The van der Waals surface area contributed by atoms with E-state index in [9.17, 15) is 9.90 Å². The molecule has 6 nitrogen and oxygen atoms in total. The van der Waals surface area contributed by atoms with Crippen LogP contribution in [0.3, 0.4) is 0 Å². The van der Waals surface area contributed by atoms with Gasteiger partial charge in [-0.3, -0.25) is 4.79 Å². The van der Waals surface area contributed by atoms with Crippen LogP contribution in [-0.4, -0.2) is 33.9 Å². The Morgan fingerprint density at radius 3 is 2.10 bits per heavy atom. The van der Waals surface area contributed by atoms with E-state index in [4.69, 9.17) is 20.7 Å². The van der Waals surface area contributed by atoms with Crippen LogP contribution in [0, 0.1) is 0 Å². The number of benzene rings is 3. The van der Waals surface area contributed by atoms with Gasteiger partial charge in [-0.05, 0) is 24.1 Å². The number of carbonyl (C=O) groups is 1. The zero-order chi connectivity index (χ0) is 22.4. The van der Waals surface area contributed by atoms with E-state index in [2.05, 4.69) is 0 Å². The van der Waals surface area contributed by atoms with Crippen molar-refractivity contribution in [2.75, 3.05) is 6.61 Å². The van der Waals surface area contributed by atoms with Gasteiger partial charge in [-0.1, -0.05) is 66.7 Å². The molecule has 2 atom stereocenters. The minimum atomic E-state index is -1.14. The number of aliphatic carboxylic acids is 1. The molecule has 0 amide bonds. The molecule has 0 aromatic heterocycles. The number of phenolic OH excluding ortho intramolecular Hbond substituents is 1. The van der Waals surface area contributed by atoms with Gasteiger partial charge in [0, 0.05) is 23.6 Å². The van der Waals surface area contributed by atoms with Gasteiger partial charge < -0.3 is 25.8 Å². The maximum Gasteiger partial charge on any atom is 0.304 e. The van der Waals surface area contributed by atoms with Crippen molar-refractivity contribution in [1.29, 1.82) is 0 Å². The van der Waals surface area contributed by atoms with Crippen LogP contribution in [-0.2, 0) is 10.4 Å². The van der Waals surface area contributed by atoms with Crippen molar-refractivity contribution < 1.29 is 24.9 Å². The van der Waals surface area contributed by atoms with Crippen molar-refractivity contribution in [3.05, 3.63) is 95.6 Å². The Morgan fingerprint density at radius 2 is 1.61 bits per heavy atom. The van der Waals surface area contributed by atoms with Crippen LogP contribution in [0.5, 0.6) is 11.5 Å². The lowest BCUT2D eigenvalue weighted by molar-refractivity contribution is -0.137. The summed E-state index contributed by atoms with van der Waals surface area (Å²) in [4.78, 5) is 10.5. The van der Waals surface area contributed by atoms with Crippen molar-refractivity contribution in [3.8, 4) is 11.5 Å². The van der Waals surface area contributed by atoms with E-state index in [1.54, 1.807) is 12.1 Å². The number of aromatic hydroxyl groups is 1. The summed E-state index contributed by atoms with van der Waals surface area (Å²) in [7, 11) is 0. The number of carboxylic acids is 1. The molecule has 0 saturated heterocycles. The van der Waals surface area contributed by atoms with Gasteiger partial charge in [0.1, 0.15) is 17.1 Å². The lowest BCUT2D eigenvalue weighted by Gasteiger charge is -2.33. The predicted molar refractivity (Wildman–Crippen MR) is 118 cm³/mol. The molecule has 5 N–H and O–H groups in total. The molecule has 1 aliphatic heterocycles. The van der Waals surface area contributed by atoms with E-state index in [0.29, 0.717) is 12.4 Å². The molecular weight excluding hydrogens is 394 g/mol. The molecule has 31 heavy (non-hydrogen) atoms. The van der Waals surface area contributed by atoms with Gasteiger partial charge in [-0.25, -0.2) is 0 Å². The number of carboxylic acid groups (broad SMARTS) is 1. The molecule has 0 unspecified atom stereocenters. The van der Waals surface area contributed by atoms with Crippen molar-refractivity contribution in [2.24, 2.45) is 5.73 Å². The van der Waals surface area contributed by atoms with E-state index in [0.717, 1.165) is 16.7 Å². The fourth-order valence-electron chi connectivity index (χ4n) is 3.72. The maximum atomic E-state index is 10.9. The number of aliphatic hydroxyl groups is 1. The Bertz CT molecular complexity index is 965. The van der Waals surface area contributed by atoms with Crippen LogP contribution in [0.15, 0.2) is 78.9 Å². The summed E-state index contributed by atoms with van der Waals surface area (Å²) in [6, 6.07) is 23.5. The van der Waals surface area contributed by atoms with Gasteiger partial charge in [0.2, 0.25) is 0 Å². The number of ether oxygens (including phenoxy) is 1. The zero-order valence-corrected chi connectivity index (χ0v) is 17.3. The first-order valence-corrected chi connectivity index (χ1v) is 10.1. The predicted octanol–water partition coefficient (Wildman–Crippen LogP) is 3.61. The average molecular weight is 421 g/mol. The second-order valence-electron chi connectivity index (χ2n) is 7.62. The minimum Gasteiger partial charge on any atom is -0.508 e. The van der Waals surface area contributed by atoms with E-state index in [1.165, 1.54) is 6.07 Å². The molecule has 162 valence electrons. The summed E-state index contributed by atoms with van der Waals surface area (Å²) < 4.78 is 5.27. The zero-order valence-electron chi connectivity index (χ0n) is 17.3. The Hall–Kier alpha value is -3.35. The van der Waals surface area contributed by atoms with Gasteiger partial charge in [0.25, 0.3) is 0 Å². The first-order valence-electron chi connectivity index (χ1n) is 10.1.